The molecule has 25 heavy (non-hydrogen) atoms. The van der Waals surface area contributed by atoms with Crippen LogP contribution in [0, 0.1) is 0 Å². The SMILES string of the molecule is CC/C=C/CC/C=C/CC/C=C/C(O)C(CO)NC(=O)CCCCC. The van der Waals surface area contributed by atoms with Gasteiger partial charge in [-0.2, -0.15) is 0 Å². The van der Waals surface area contributed by atoms with Gasteiger partial charge < -0.3 is 15.5 Å². The molecular weight excluding hydrogens is 314 g/mol. The Morgan fingerprint density at radius 3 is 2.12 bits per heavy atom. The monoisotopic (exact) mass is 351 g/mol. The van der Waals surface area contributed by atoms with E-state index in [-0.39, 0.29) is 12.5 Å². The molecule has 0 aliphatic rings. The molecule has 144 valence electrons. The highest BCUT2D eigenvalue weighted by atomic mass is 16.3. The first-order chi connectivity index (χ1) is 12.2. The molecule has 2 atom stereocenters. The minimum Gasteiger partial charge on any atom is -0.394 e. The molecule has 0 heterocycles. The second kappa shape index (κ2) is 17.4. The zero-order chi connectivity index (χ0) is 18.8. The Morgan fingerprint density at radius 1 is 0.960 bits per heavy atom. The Bertz CT molecular complexity index is 402. The first kappa shape index (κ1) is 23.6. The molecule has 0 saturated heterocycles. The zero-order valence-electron chi connectivity index (χ0n) is 16.0. The van der Waals surface area contributed by atoms with Crippen LogP contribution in [0.1, 0.15) is 71.6 Å². The van der Waals surface area contributed by atoms with E-state index >= 15 is 0 Å². The normalized spacial score (nSPS) is 14.6. The molecular formula is C21H37NO3. The predicted molar refractivity (Wildman–Crippen MR) is 105 cm³/mol. The highest BCUT2D eigenvalue weighted by molar-refractivity contribution is 5.76. The van der Waals surface area contributed by atoms with Crippen molar-refractivity contribution in [2.75, 3.05) is 6.61 Å². The van der Waals surface area contributed by atoms with Gasteiger partial charge in [0.05, 0.1) is 18.8 Å². The fraction of sp³-hybridized carbons (Fsp3) is 0.667. The summed E-state index contributed by atoms with van der Waals surface area (Å²) >= 11 is 0. The Kier molecular flexibility index (Phi) is 16.5. The van der Waals surface area contributed by atoms with E-state index < -0.39 is 12.1 Å². The van der Waals surface area contributed by atoms with Crippen molar-refractivity contribution in [2.45, 2.75) is 83.8 Å². The van der Waals surface area contributed by atoms with Gasteiger partial charge in [0.15, 0.2) is 0 Å². The van der Waals surface area contributed by atoms with Gasteiger partial charge in [0.1, 0.15) is 0 Å². The number of carbonyl (C=O) groups is 1. The van der Waals surface area contributed by atoms with Crippen LogP contribution in [0.5, 0.6) is 0 Å². The quantitative estimate of drug-likeness (QED) is 0.308. The molecule has 0 bridgehead atoms. The molecule has 0 saturated carbocycles. The molecule has 0 aromatic heterocycles. The van der Waals surface area contributed by atoms with E-state index in [9.17, 15) is 15.0 Å². The molecule has 2 unspecified atom stereocenters. The molecule has 0 rings (SSSR count). The van der Waals surface area contributed by atoms with Crippen LogP contribution in [0.4, 0.5) is 0 Å². The fourth-order valence-electron chi connectivity index (χ4n) is 2.33. The smallest absolute Gasteiger partial charge is 0.220 e. The number of amides is 1. The summed E-state index contributed by atoms with van der Waals surface area (Å²) in [4.78, 5) is 11.8. The van der Waals surface area contributed by atoms with Crippen molar-refractivity contribution in [2.24, 2.45) is 0 Å². The van der Waals surface area contributed by atoms with E-state index in [1.165, 1.54) is 0 Å². The van der Waals surface area contributed by atoms with Gasteiger partial charge >= 0.3 is 0 Å². The zero-order valence-corrected chi connectivity index (χ0v) is 16.0. The maximum absolute atomic E-state index is 11.8. The molecule has 1 amide bonds. The number of carbonyl (C=O) groups excluding carboxylic acids is 1. The molecule has 0 spiro atoms. The number of hydrogen-bond donors (Lipinski definition) is 3. The van der Waals surface area contributed by atoms with Crippen molar-refractivity contribution in [3.05, 3.63) is 36.5 Å². The lowest BCUT2D eigenvalue weighted by atomic mass is 10.1. The standard InChI is InChI=1S/C21H37NO3/c1-3-5-7-8-9-10-11-12-13-15-16-20(24)19(18-23)22-21(25)17-14-6-4-2/h5,7,10-11,15-16,19-20,23-24H,3-4,6,8-9,12-14,17-18H2,1-2H3,(H,22,25)/b7-5+,11-10+,16-15+. The minimum absolute atomic E-state index is 0.111. The van der Waals surface area contributed by atoms with Crippen LogP contribution in [-0.4, -0.2) is 34.9 Å². The van der Waals surface area contributed by atoms with Gasteiger partial charge in [-0.1, -0.05) is 63.1 Å². The van der Waals surface area contributed by atoms with E-state index in [1.54, 1.807) is 6.08 Å². The van der Waals surface area contributed by atoms with E-state index in [0.717, 1.165) is 51.4 Å². The third kappa shape index (κ3) is 14.6. The highest BCUT2D eigenvalue weighted by Crippen LogP contribution is 2.03. The average Bonchev–Trinajstić information content (AvgIpc) is 2.61. The Balaban J connectivity index is 3.96. The Morgan fingerprint density at radius 2 is 1.56 bits per heavy atom. The van der Waals surface area contributed by atoms with E-state index in [0.29, 0.717) is 6.42 Å². The summed E-state index contributed by atoms with van der Waals surface area (Å²) in [6.45, 7) is 3.95. The summed E-state index contributed by atoms with van der Waals surface area (Å²) in [6, 6.07) is -0.633. The lowest BCUT2D eigenvalue weighted by Crippen LogP contribution is -2.45. The number of rotatable bonds is 15. The molecule has 4 heteroatoms. The van der Waals surface area contributed by atoms with Crippen molar-refractivity contribution < 1.29 is 15.0 Å². The second-order valence-electron chi connectivity index (χ2n) is 6.24. The van der Waals surface area contributed by atoms with Gasteiger partial charge in [0.25, 0.3) is 0 Å². The number of allylic oxidation sites excluding steroid dienone is 5. The third-order valence-corrected chi connectivity index (χ3v) is 3.87. The molecule has 0 fully saturated rings. The van der Waals surface area contributed by atoms with Crippen molar-refractivity contribution in [1.29, 1.82) is 0 Å². The molecule has 0 aliphatic heterocycles. The number of nitrogens with one attached hydrogen (secondary N) is 1. The van der Waals surface area contributed by atoms with Gasteiger partial charge in [-0.05, 0) is 38.5 Å². The van der Waals surface area contributed by atoms with Crippen molar-refractivity contribution >= 4 is 5.91 Å². The number of aliphatic hydroxyl groups is 2. The molecule has 0 aromatic carbocycles. The number of unbranched alkanes of at least 4 members (excludes halogenated alkanes) is 4. The Labute approximate surface area is 153 Å². The summed E-state index contributed by atoms with van der Waals surface area (Å²) in [5, 5.41) is 22.1. The maximum Gasteiger partial charge on any atom is 0.220 e. The fourth-order valence-corrected chi connectivity index (χ4v) is 2.33. The van der Waals surface area contributed by atoms with Crippen molar-refractivity contribution in [3.8, 4) is 0 Å². The van der Waals surface area contributed by atoms with Crippen LogP contribution >= 0.6 is 0 Å². The first-order valence-corrected chi connectivity index (χ1v) is 9.70. The van der Waals surface area contributed by atoms with E-state index in [1.807, 2.05) is 6.08 Å². The van der Waals surface area contributed by atoms with E-state index in [4.69, 9.17) is 0 Å². The summed E-state index contributed by atoms with van der Waals surface area (Å²) in [5.41, 5.74) is 0. The lowest BCUT2D eigenvalue weighted by molar-refractivity contribution is -0.123. The highest BCUT2D eigenvalue weighted by Gasteiger charge is 2.17. The molecule has 4 nitrogen and oxygen atoms in total. The summed E-state index contributed by atoms with van der Waals surface area (Å²) < 4.78 is 0. The topological polar surface area (TPSA) is 69.6 Å². The Hall–Kier alpha value is -1.39. The molecule has 0 aromatic rings. The van der Waals surface area contributed by atoms with Crippen LogP contribution in [0.2, 0.25) is 0 Å². The van der Waals surface area contributed by atoms with Gasteiger partial charge in [-0.25, -0.2) is 0 Å². The summed E-state index contributed by atoms with van der Waals surface area (Å²) in [7, 11) is 0. The third-order valence-electron chi connectivity index (χ3n) is 3.87. The van der Waals surface area contributed by atoms with Gasteiger partial charge in [0.2, 0.25) is 5.91 Å². The summed E-state index contributed by atoms with van der Waals surface area (Å²) in [6.07, 6.45) is 19.7. The molecule has 3 N–H and O–H groups in total. The van der Waals surface area contributed by atoms with Crippen LogP contribution in [0.15, 0.2) is 36.5 Å². The van der Waals surface area contributed by atoms with Gasteiger partial charge in [0, 0.05) is 6.42 Å². The van der Waals surface area contributed by atoms with Crippen LogP contribution in [0.3, 0.4) is 0 Å². The van der Waals surface area contributed by atoms with Crippen LogP contribution in [-0.2, 0) is 4.79 Å². The average molecular weight is 352 g/mol. The minimum atomic E-state index is -0.858. The van der Waals surface area contributed by atoms with Gasteiger partial charge in [-0.3, -0.25) is 4.79 Å². The van der Waals surface area contributed by atoms with Crippen molar-refractivity contribution in [1.82, 2.24) is 5.32 Å². The summed E-state index contributed by atoms with van der Waals surface area (Å²) in [5.74, 6) is -0.111. The van der Waals surface area contributed by atoms with Crippen LogP contribution < -0.4 is 5.32 Å². The maximum atomic E-state index is 11.8. The predicted octanol–water partition coefficient (Wildman–Crippen LogP) is 4.04. The lowest BCUT2D eigenvalue weighted by Gasteiger charge is -2.19. The molecule has 0 aliphatic carbocycles. The second-order valence-corrected chi connectivity index (χ2v) is 6.24. The van der Waals surface area contributed by atoms with Gasteiger partial charge in [-0.15, -0.1) is 0 Å². The molecule has 0 radical (unpaired) electrons. The number of hydrogen-bond acceptors (Lipinski definition) is 3. The van der Waals surface area contributed by atoms with Crippen LogP contribution in [0.25, 0.3) is 0 Å². The number of aliphatic hydroxyl groups excluding tert-OH is 2. The first-order valence-electron chi connectivity index (χ1n) is 9.70. The largest absolute Gasteiger partial charge is 0.394 e. The van der Waals surface area contributed by atoms with Crippen molar-refractivity contribution in [3.63, 3.8) is 0 Å². The van der Waals surface area contributed by atoms with E-state index in [2.05, 4.69) is 43.5 Å².